The first-order chi connectivity index (χ1) is 9.02. The SMILES string of the molecule is COC(=O)c1ncc(Cl)cc1-c1cc(Cl)ccc1Cl. The van der Waals surface area contributed by atoms with Gasteiger partial charge >= 0.3 is 5.97 Å². The van der Waals surface area contributed by atoms with Crippen LogP contribution in [0.4, 0.5) is 0 Å². The van der Waals surface area contributed by atoms with E-state index in [1.165, 1.54) is 13.3 Å². The Balaban J connectivity index is 2.69. The molecule has 0 unspecified atom stereocenters. The minimum Gasteiger partial charge on any atom is -0.464 e. The van der Waals surface area contributed by atoms with Gasteiger partial charge in [0.2, 0.25) is 0 Å². The van der Waals surface area contributed by atoms with Crippen molar-refractivity contribution in [2.75, 3.05) is 7.11 Å². The number of carbonyl (C=O) groups is 1. The molecule has 2 aromatic rings. The Kier molecular flexibility index (Phi) is 4.30. The number of methoxy groups -OCH3 is 1. The third-order valence-corrected chi connectivity index (χ3v) is 3.22. The quantitative estimate of drug-likeness (QED) is 0.766. The molecule has 0 radical (unpaired) electrons. The van der Waals surface area contributed by atoms with Gasteiger partial charge in [-0.3, -0.25) is 0 Å². The maximum Gasteiger partial charge on any atom is 0.357 e. The molecule has 0 N–H and O–H groups in total. The molecule has 1 heterocycles. The van der Waals surface area contributed by atoms with E-state index in [9.17, 15) is 4.79 Å². The van der Waals surface area contributed by atoms with Crippen LogP contribution < -0.4 is 0 Å². The highest BCUT2D eigenvalue weighted by molar-refractivity contribution is 6.36. The van der Waals surface area contributed by atoms with Crippen molar-refractivity contribution in [2.24, 2.45) is 0 Å². The average molecular weight is 317 g/mol. The van der Waals surface area contributed by atoms with Crippen LogP contribution in [0.2, 0.25) is 15.1 Å². The number of benzene rings is 1. The zero-order chi connectivity index (χ0) is 14.0. The summed E-state index contributed by atoms with van der Waals surface area (Å²) < 4.78 is 4.69. The Morgan fingerprint density at radius 2 is 1.79 bits per heavy atom. The molecule has 0 aliphatic carbocycles. The molecule has 0 saturated heterocycles. The fraction of sp³-hybridized carbons (Fsp3) is 0.0769. The van der Waals surface area contributed by atoms with Crippen LogP contribution in [-0.4, -0.2) is 18.1 Å². The van der Waals surface area contributed by atoms with Crippen molar-refractivity contribution in [1.82, 2.24) is 4.98 Å². The molecule has 1 aromatic heterocycles. The number of ether oxygens (including phenoxy) is 1. The highest BCUT2D eigenvalue weighted by Crippen LogP contribution is 2.33. The number of esters is 1. The van der Waals surface area contributed by atoms with E-state index in [2.05, 4.69) is 9.72 Å². The Morgan fingerprint density at radius 3 is 2.47 bits per heavy atom. The summed E-state index contributed by atoms with van der Waals surface area (Å²) >= 11 is 18.0. The first kappa shape index (κ1) is 14.1. The summed E-state index contributed by atoms with van der Waals surface area (Å²) in [6.45, 7) is 0. The fourth-order valence-electron chi connectivity index (χ4n) is 1.61. The summed E-state index contributed by atoms with van der Waals surface area (Å²) in [6, 6.07) is 6.53. The smallest absolute Gasteiger partial charge is 0.357 e. The Labute approximate surface area is 125 Å². The molecular weight excluding hydrogens is 309 g/mol. The van der Waals surface area contributed by atoms with Gasteiger partial charge in [-0.2, -0.15) is 0 Å². The van der Waals surface area contributed by atoms with Crippen LogP contribution in [-0.2, 0) is 4.74 Å². The fourth-order valence-corrected chi connectivity index (χ4v) is 2.16. The lowest BCUT2D eigenvalue weighted by Crippen LogP contribution is -2.06. The van der Waals surface area contributed by atoms with Gasteiger partial charge in [0, 0.05) is 27.4 Å². The number of hydrogen-bond acceptors (Lipinski definition) is 3. The number of pyridine rings is 1. The van der Waals surface area contributed by atoms with Gasteiger partial charge in [-0.15, -0.1) is 0 Å². The monoisotopic (exact) mass is 315 g/mol. The normalized spacial score (nSPS) is 10.3. The maximum absolute atomic E-state index is 11.7. The van der Waals surface area contributed by atoms with E-state index >= 15 is 0 Å². The van der Waals surface area contributed by atoms with Crippen molar-refractivity contribution < 1.29 is 9.53 Å². The number of hydrogen-bond donors (Lipinski definition) is 0. The molecular formula is C13H8Cl3NO2. The largest absolute Gasteiger partial charge is 0.464 e. The number of carbonyl (C=O) groups excluding carboxylic acids is 1. The zero-order valence-electron chi connectivity index (χ0n) is 9.78. The molecule has 0 amide bonds. The van der Waals surface area contributed by atoms with Gasteiger partial charge in [0.05, 0.1) is 12.1 Å². The number of nitrogens with zero attached hydrogens (tertiary/aromatic N) is 1. The van der Waals surface area contributed by atoms with Crippen molar-refractivity contribution in [2.45, 2.75) is 0 Å². The lowest BCUT2D eigenvalue weighted by Gasteiger charge is -2.09. The third-order valence-electron chi connectivity index (χ3n) is 2.45. The van der Waals surface area contributed by atoms with Gasteiger partial charge in [-0.25, -0.2) is 9.78 Å². The van der Waals surface area contributed by atoms with E-state index in [4.69, 9.17) is 34.8 Å². The maximum atomic E-state index is 11.7. The molecule has 0 aliphatic heterocycles. The third kappa shape index (κ3) is 3.00. The Hall–Kier alpha value is -1.29. The van der Waals surface area contributed by atoms with Crippen LogP contribution >= 0.6 is 34.8 Å². The molecule has 0 spiro atoms. The molecule has 0 atom stereocenters. The van der Waals surface area contributed by atoms with E-state index < -0.39 is 5.97 Å². The van der Waals surface area contributed by atoms with Crippen molar-refractivity contribution in [3.05, 3.63) is 51.2 Å². The van der Waals surface area contributed by atoms with Gasteiger partial charge in [0.25, 0.3) is 0 Å². The van der Waals surface area contributed by atoms with Crippen LogP contribution in [0.5, 0.6) is 0 Å². The zero-order valence-corrected chi connectivity index (χ0v) is 12.1. The van der Waals surface area contributed by atoms with Crippen LogP contribution in [0.1, 0.15) is 10.5 Å². The topological polar surface area (TPSA) is 39.2 Å². The van der Waals surface area contributed by atoms with Gasteiger partial charge in [0.1, 0.15) is 0 Å². The highest BCUT2D eigenvalue weighted by Gasteiger charge is 2.17. The van der Waals surface area contributed by atoms with E-state index in [1.54, 1.807) is 24.3 Å². The standard InChI is InChI=1S/C13H8Cl3NO2/c1-19-13(18)12-10(5-8(15)6-17-12)9-4-7(14)2-3-11(9)16/h2-6H,1H3. The number of aromatic nitrogens is 1. The minimum absolute atomic E-state index is 0.135. The summed E-state index contributed by atoms with van der Waals surface area (Å²) in [4.78, 5) is 15.7. The molecule has 98 valence electrons. The van der Waals surface area contributed by atoms with E-state index in [0.29, 0.717) is 26.2 Å². The minimum atomic E-state index is -0.567. The van der Waals surface area contributed by atoms with E-state index in [0.717, 1.165) is 0 Å². The summed E-state index contributed by atoms with van der Waals surface area (Å²) in [5.41, 5.74) is 1.19. The highest BCUT2D eigenvalue weighted by atomic mass is 35.5. The first-order valence-corrected chi connectivity index (χ1v) is 6.35. The second-order valence-corrected chi connectivity index (χ2v) is 4.95. The molecule has 0 bridgehead atoms. The number of halogens is 3. The van der Waals surface area contributed by atoms with Crippen LogP contribution in [0.15, 0.2) is 30.5 Å². The van der Waals surface area contributed by atoms with E-state index in [-0.39, 0.29) is 5.69 Å². The van der Waals surface area contributed by atoms with Gasteiger partial charge in [-0.05, 0) is 24.3 Å². The first-order valence-electron chi connectivity index (χ1n) is 5.22. The average Bonchev–Trinajstić information content (AvgIpc) is 2.40. The van der Waals surface area contributed by atoms with Crippen LogP contribution in [0.25, 0.3) is 11.1 Å². The van der Waals surface area contributed by atoms with Crippen molar-refractivity contribution in [1.29, 1.82) is 0 Å². The molecule has 1 aromatic carbocycles. The molecule has 3 nitrogen and oxygen atoms in total. The second-order valence-electron chi connectivity index (χ2n) is 3.67. The molecule has 0 aliphatic rings. The summed E-state index contributed by atoms with van der Waals surface area (Å²) in [6.07, 6.45) is 1.37. The Morgan fingerprint density at radius 1 is 1.11 bits per heavy atom. The van der Waals surface area contributed by atoms with Gasteiger partial charge in [0.15, 0.2) is 5.69 Å². The molecule has 2 rings (SSSR count). The lowest BCUT2D eigenvalue weighted by molar-refractivity contribution is 0.0595. The van der Waals surface area contributed by atoms with E-state index in [1.807, 2.05) is 0 Å². The van der Waals surface area contributed by atoms with Crippen molar-refractivity contribution in [3.8, 4) is 11.1 Å². The lowest BCUT2D eigenvalue weighted by atomic mass is 10.0. The summed E-state index contributed by atoms with van der Waals surface area (Å²) in [5.74, 6) is -0.567. The Bertz CT molecular complexity index is 644. The summed E-state index contributed by atoms with van der Waals surface area (Å²) in [7, 11) is 1.28. The predicted octanol–water partition coefficient (Wildman–Crippen LogP) is 4.50. The van der Waals surface area contributed by atoms with Crippen LogP contribution in [0, 0.1) is 0 Å². The van der Waals surface area contributed by atoms with Gasteiger partial charge < -0.3 is 4.74 Å². The molecule has 0 saturated carbocycles. The molecule has 0 fully saturated rings. The molecule has 6 heteroatoms. The van der Waals surface area contributed by atoms with Gasteiger partial charge in [-0.1, -0.05) is 34.8 Å². The predicted molar refractivity (Wildman–Crippen MR) is 76.0 cm³/mol. The summed E-state index contributed by atoms with van der Waals surface area (Å²) in [5, 5.41) is 1.33. The van der Waals surface area contributed by atoms with Crippen molar-refractivity contribution in [3.63, 3.8) is 0 Å². The number of rotatable bonds is 2. The van der Waals surface area contributed by atoms with Crippen LogP contribution in [0.3, 0.4) is 0 Å². The second kappa shape index (κ2) is 5.78. The van der Waals surface area contributed by atoms with Crippen molar-refractivity contribution >= 4 is 40.8 Å². The molecule has 19 heavy (non-hydrogen) atoms.